The highest BCUT2D eigenvalue weighted by atomic mass is 17.2. The van der Waals surface area contributed by atoms with E-state index in [4.69, 9.17) is 14.5 Å². The summed E-state index contributed by atoms with van der Waals surface area (Å²) < 4.78 is 5.40. The van der Waals surface area contributed by atoms with E-state index < -0.39 is 62.4 Å². The first-order valence-electron chi connectivity index (χ1n) is 11.1. The predicted molar refractivity (Wildman–Crippen MR) is 134 cm³/mol. The van der Waals surface area contributed by atoms with E-state index in [0.29, 0.717) is 10.8 Å². The molecule has 0 heterocycles. The van der Waals surface area contributed by atoms with Gasteiger partial charge in [0.25, 0.3) is 11.4 Å². The van der Waals surface area contributed by atoms with Crippen molar-refractivity contribution in [2.75, 3.05) is 0 Å². The lowest BCUT2D eigenvalue weighted by atomic mass is 10.1. The molecule has 2 N–H and O–H groups in total. The molecule has 0 unspecified atom stereocenters. The predicted octanol–water partition coefficient (Wildman–Crippen LogP) is 4.78. The van der Waals surface area contributed by atoms with Crippen molar-refractivity contribution in [3.63, 3.8) is 0 Å². The first-order chi connectivity index (χ1) is 19.1. The highest BCUT2D eigenvalue weighted by Gasteiger charge is 2.28. The maximum atomic E-state index is 12.9. The van der Waals surface area contributed by atoms with Gasteiger partial charge in [-0.2, -0.15) is 4.89 Å². The van der Waals surface area contributed by atoms with Crippen LogP contribution in [0.15, 0.2) is 72.8 Å². The van der Waals surface area contributed by atoms with Gasteiger partial charge in [0.05, 0.1) is 15.4 Å². The maximum absolute atomic E-state index is 12.9. The average molecular weight is 548 g/mol. The number of nitrogens with zero attached hydrogens (tertiary/aromatic N) is 2. The number of ether oxygens (including phenoxy) is 1. The number of nitro groups is 2. The molecule has 0 aromatic heterocycles. The lowest BCUT2D eigenvalue weighted by Crippen LogP contribution is -2.16. The van der Waals surface area contributed by atoms with Gasteiger partial charge < -0.3 is 19.8 Å². The fourth-order valence-electron chi connectivity index (χ4n) is 3.91. The molecule has 4 rings (SSSR count). The zero-order chi connectivity index (χ0) is 29.0. The van der Waals surface area contributed by atoms with Crippen molar-refractivity contribution in [1.82, 2.24) is 0 Å². The molecule has 0 aliphatic rings. The van der Waals surface area contributed by atoms with E-state index in [1.165, 1.54) is 24.3 Å². The molecule has 0 saturated heterocycles. The number of rotatable bonds is 10. The fraction of sp³-hybridized carbons (Fsp3) is 0.0385. The summed E-state index contributed by atoms with van der Waals surface area (Å²) in [5.41, 5.74) is -3.30. The molecule has 0 aliphatic heterocycles. The van der Waals surface area contributed by atoms with Crippen LogP contribution in [0.4, 0.5) is 11.4 Å². The number of aromatic carboxylic acids is 2. The van der Waals surface area contributed by atoms with Crippen LogP contribution in [-0.4, -0.2) is 38.0 Å². The summed E-state index contributed by atoms with van der Waals surface area (Å²) in [7, 11) is 0. The van der Waals surface area contributed by atoms with Crippen molar-refractivity contribution in [2.45, 2.75) is 6.61 Å². The summed E-state index contributed by atoms with van der Waals surface area (Å²) in [6, 6.07) is 15.9. The van der Waals surface area contributed by atoms with Crippen molar-refractivity contribution in [2.24, 2.45) is 0 Å². The molecular formula is C26H16N2O12. The second-order valence-corrected chi connectivity index (χ2v) is 7.98. The summed E-state index contributed by atoms with van der Waals surface area (Å²) >= 11 is 0. The van der Waals surface area contributed by atoms with E-state index in [-0.39, 0.29) is 17.1 Å². The van der Waals surface area contributed by atoms with Gasteiger partial charge in [0.2, 0.25) is 0 Å². The van der Waals surface area contributed by atoms with Crippen LogP contribution in [0.5, 0.6) is 11.5 Å². The fourth-order valence-corrected chi connectivity index (χ4v) is 3.91. The van der Waals surface area contributed by atoms with Crippen LogP contribution >= 0.6 is 0 Å². The number of carboxylic acid groups (broad SMARTS) is 2. The lowest BCUT2D eigenvalue weighted by Gasteiger charge is -2.13. The number of carbonyl (C=O) groups excluding carboxylic acids is 1. The van der Waals surface area contributed by atoms with Crippen LogP contribution < -0.4 is 9.62 Å². The number of esters is 1. The van der Waals surface area contributed by atoms with Crippen LogP contribution in [0.2, 0.25) is 0 Å². The Balaban J connectivity index is 1.60. The molecule has 0 bridgehead atoms. The molecule has 0 saturated carbocycles. The van der Waals surface area contributed by atoms with Crippen LogP contribution in [-0.2, 0) is 11.5 Å². The Morgan fingerprint density at radius 3 is 1.85 bits per heavy atom. The highest BCUT2D eigenvalue weighted by molar-refractivity contribution is 6.06. The summed E-state index contributed by atoms with van der Waals surface area (Å²) in [5.74, 6) is -4.26. The summed E-state index contributed by atoms with van der Waals surface area (Å²) in [6.07, 6.45) is 0. The van der Waals surface area contributed by atoms with Gasteiger partial charge in [0.15, 0.2) is 11.3 Å². The van der Waals surface area contributed by atoms with Crippen LogP contribution in [0.25, 0.3) is 10.8 Å². The topological polar surface area (TPSA) is 206 Å². The number of benzene rings is 4. The van der Waals surface area contributed by atoms with Gasteiger partial charge in [-0.1, -0.05) is 42.5 Å². The van der Waals surface area contributed by atoms with E-state index in [1.54, 1.807) is 24.3 Å². The second kappa shape index (κ2) is 11.2. The third kappa shape index (κ3) is 5.36. The van der Waals surface area contributed by atoms with Gasteiger partial charge in [-0.25, -0.2) is 14.4 Å². The van der Waals surface area contributed by atoms with Gasteiger partial charge in [0.1, 0.15) is 17.9 Å². The Bertz CT molecular complexity index is 1700. The van der Waals surface area contributed by atoms with E-state index in [2.05, 4.69) is 0 Å². The van der Waals surface area contributed by atoms with Crippen molar-refractivity contribution >= 4 is 40.1 Å². The minimum absolute atomic E-state index is 0.0113. The second-order valence-electron chi connectivity index (χ2n) is 7.98. The first-order valence-corrected chi connectivity index (χ1v) is 11.1. The largest absolute Gasteiger partial charge is 0.477 e. The van der Waals surface area contributed by atoms with Crippen molar-refractivity contribution in [3.05, 3.63) is 115 Å². The Kier molecular flexibility index (Phi) is 7.63. The third-order valence-corrected chi connectivity index (χ3v) is 5.62. The van der Waals surface area contributed by atoms with Crippen molar-refractivity contribution < 1.29 is 49.0 Å². The number of fused-ring (bicyclic) bond motifs is 1. The normalized spacial score (nSPS) is 10.6. The Morgan fingerprint density at radius 1 is 0.700 bits per heavy atom. The molecule has 202 valence electrons. The van der Waals surface area contributed by atoms with Gasteiger partial charge in [-0.3, -0.25) is 20.2 Å². The molecule has 40 heavy (non-hydrogen) atoms. The molecular weight excluding hydrogens is 532 g/mol. The van der Waals surface area contributed by atoms with Crippen molar-refractivity contribution in [3.8, 4) is 11.5 Å². The van der Waals surface area contributed by atoms with Crippen molar-refractivity contribution in [1.29, 1.82) is 0 Å². The van der Waals surface area contributed by atoms with Crippen LogP contribution in [0.1, 0.15) is 36.6 Å². The zero-order valence-electron chi connectivity index (χ0n) is 20.0. The molecule has 4 aromatic rings. The minimum atomic E-state index is -1.68. The van der Waals surface area contributed by atoms with Gasteiger partial charge in [0, 0.05) is 28.5 Å². The molecule has 0 spiro atoms. The van der Waals surface area contributed by atoms with Gasteiger partial charge >= 0.3 is 17.9 Å². The smallest absolute Gasteiger partial charge is 0.344 e. The zero-order valence-corrected chi connectivity index (χ0v) is 20.0. The molecule has 0 aliphatic carbocycles. The standard InChI is InChI=1S/C26H16N2O12/c29-24(30)22-14(5-3-9-18(22)27(34)35)13-38-40-21-12-11-20(15-6-1-2-7-16(15)21)39-26(33)17-8-4-10-19(28(36)37)23(17)25(31)32/h1-12H,13H2,(H,29,30)(H,31,32). The van der Waals surface area contributed by atoms with E-state index in [1.807, 2.05) is 0 Å². The van der Waals surface area contributed by atoms with Crippen LogP contribution in [0.3, 0.4) is 0 Å². The number of carboxylic acids is 2. The maximum Gasteiger partial charge on any atom is 0.344 e. The Morgan fingerprint density at radius 2 is 1.25 bits per heavy atom. The average Bonchev–Trinajstić information content (AvgIpc) is 2.93. The SMILES string of the molecule is O=C(Oc1ccc(OOCc2cccc([N+](=O)[O-])c2C(=O)O)c2ccccc12)c1cccc([N+](=O)[O-])c1C(=O)O. The number of nitro benzene ring substituents is 2. The summed E-state index contributed by atoms with van der Waals surface area (Å²) in [5, 5.41) is 42.0. The highest BCUT2D eigenvalue weighted by Crippen LogP contribution is 2.34. The van der Waals surface area contributed by atoms with Gasteiger partial charge in [-0.15, -0.1) is 0 Å². The molecule has 0 radical (unpaired) electrons. The van der Waals surface area contributed by atoms with Crippen LogP contribution in [0, 0.1) is 20.2 Å². The van der Waals surface area contributed by atoms with E-state index >= 15 is 0 Å². The van der Waals surface area contributed by atoms with E-state index in [0.717, 1.165) is 24.3 Å². The lowest BCUT2D eigenvalue weighted by molar-refractivity contribution is -0.385. The van der Waals surface area contributed by atoms with E-state index in [9.17, 15) is 44.8 Å². The Labute approximate surface area is 222 Å². The van der Waals surface area contributed by atoms with Gasteiger partial charge in [-0.05, 0) is 18.2 Å². The first kappa shape index (κ1) is 27.2. The number of hydrogen-bond acceptors (Lipinski definition) is 10. The third-order valence-electron chi connectivity index (χ3n) is 5.62. The number of carbonyl (C=O) groups is 3. The molecule has 4 aromatic carbocycles. The quantitative estimate of drug-likeness (QED) is 0.0902. The summed E-state index contributed by atoms with van der Waals surface area (Å²) in [6.45, 7) is -0.459. The molecule has 0 amide bonds. The monoisotopic (exact) mass is 548 g/mol. The molecule has 0 atom stereocenters. The molecule has 0 fully saturated rings. The molecule has 14 nitrogen and oxygen atoms in total. The summed E-state index contributed by atoms with van der Waals surface area (Å²) in [4.78, 5) is 67.3. The Hall–Kier alpha value is -5.89. The number of hydrogen-bond donors (Lipinski definition) is 2. The minimum Gasteiger partial charge on any atom is -0.477 e. The molecule has 14 heteroatoms.